The highest BCUT2D eigenvalue weighted by Crippen LogP contribution is 2.18. The fraction of sp³-hybridized carbons (Fsp3) is 0.429. The van der Waals surface area contributed by atoms with Crippen molar-refractivity contribution in [3.8, 4) is 5.82 Å². The Kier molecular flexibility index (Phi) is 4.21. The lowest BCUT2D eigenvalue weighted by Gasteiger charge is -2.10. The molecule has 0 amide bonds. The number of hydrogen-bond acceptors (Lipinski definition) is 5. The fourth-order valence-corrected chi connectivity index (χ4v) is 2.16. The van der Waals surface area contributed by atoms with E-state index < -0.39 is 5.97 Å². The quantitative estimate of drug-likeness (QED) is 0.894. The van der Waals surface area contributed by atoms with E-state index in [0.29, 0.717) is 12.2 Å². The molecular formula is C14H19N5O2. The van der Waals surface area contributed by atoms with Crippen molar-refractivity contribution in [3.05, 3.63) is 29.1 Å². The molecule has 0 aliphatic heterocycles. The van der Waals surface area contributed by atoms with Crippen LogP contribution in [0.5, 0.6) is 0 Å². The Bertz CT molecular complexity index is 646. The predicted molar refractivity (Wildman–Crippen MR) is 78.9 cm³/mol. The zero-order valence-electron chi connectivity index (χ0n) is 12.7. The Balaban J connectivity index is 2.32. The topological polar surface area (TPSA) is 84.1 Å². The zero-order chi connectivity index (χ0) is 15.6. The zero-order valence-corrected chi connectivity index (χ0v) is 12.7. The molecule has 0 spiro atoms. The number of aromatic nitrogens is 4. The summed E-state index contributed by atoms with van der Waals surface area (Å²) in [5, 5.41) is 21.6. The number of carboxylic acids is 1. The Hall–Kier alpha value is -2.44. The van der Waals surface area contributed by atoms with Crippen molar-refractivity contribution in [1.29, 1.82) is 0 Å². The van der Waals surface area contributed by atoms with E-state index in [9.17, 15) is 4.79 Å². The van der Waals surface area contributed by atoms with Gasteiger partial charge in [0.1, 0.15) is 0 Å². The van der Waals surface area contributed by atoms with Gasteiger partial charge in [-0.25, -0.2) is 4.68 Å². The summed E-state index contributed by atoms with van der Waals surface area (Å²) in [6.45, 7) is 3.79. The molecule has 0 bridgehead atoms. The molecule has 1 N–H and O–H groups in total. The second-order valence-corrected chi connectivity index (χ2v) is 5.10. The van der Waals surface area contributed by atoms with Crippen LogP contribution in [0.25, 0.3) is 5.82 Å². The number of aliphatic carboxylic acids is 1. The van der Waals surface area contributed by atoms with E-state index in [1.54, 1.807) is 4.68 Å². The van der Waals surface area contributed by atoms with Gasteiger partial charge in [0.25, 0.3) is 0 Å². The van der Waals surface area contributed by atoms with Crippen molar-refractivity contribution < 1.29 is 9.90 Å². The number of nitrogens with zero attached hydrogens (tertiary/aromatic N) is 5. The van der Waals surface area contributed by atoms with Gasteiger partial charge in [0.15, 0.2) is 11.6 Å². The average Bonchev–Trinajstić information content (AvgIpc) is 2.72. The maximum absolute atomic E-state index is 10.7. The molecule has 7 nitrogen and oxygen atoms in total. The van der Waals surface area contributed by atoms with Gasteiger partial charge < -0.3 is 10.0 Å². The normalized spacial score (nSPS) is 10.7. The second-order valence-electron chi connectivity index (χ2n) is 5.10. The molecule has 2 aromatic rings. The first-order chi connectivity index (χ1) is 9.90. The summed E-state index contributed by atoms with van der Waals surface area (Å²) in [4.78, 5) is 12.6. The maximum atomic E-state index is 10.7. The average molecular weight is 289 g/mol. The van der Waals surface area contributed by atoms with Crippen LogP contribution in [0.2, 0.25) is 0 Å². The van der Waals surface area contributed by atoms with Crippen molar-refractivity contribution in [1.82, 2.24) is 20.0 Å². The second kappa shape index (κ2) is 5.90. The number of hydrogen-bond donors (Lipinski definition) is 1. The molecule has 21 heavy (non-hydrogen) atoms. The molecule has 2 rings (SSSR count). The van der Waals surface area contributed by atoms with E-state index >= 15 is 0 Å². The SMILES string of the molecule is Cc1nn(-c2ccc(N(C)C)nn2)c(C)c1CCC(=O)O. The molecule has 0 aromatic carbocycles. The van der Waals surface area contributed by atoms with Crippen LogP contribution in [-0.2, 0) is 11.2 Å². The Labute approximate surface area is 123 Å². The molecule has 2 heterocycles. The Morgan fingerprint density at radius 1 is 1.29 bits per heavy atom. The first kappa shape index (κ1) is 15.0. The summed E-state index contributed by atoms with van der Waals surface area (Å²) in [6, 6.07) is 3.72. The molecule has 0 saturated carbocycles. The van der Waals surface area contributed by atoms with E-state index in [-0.39, 0.29) is 6.42 Å². The highest BCUT2D eigenvalue weighted by atomic mass is 16.4. The fourth-order valence-electron chi connectivity index (χ4n) is 2.16. The number of aryl methyl sites for hydroxylation is 1. The van der Waals surface area contributed by atoms with Crippen molar-refractivity contribution in [3.63, 3.8) is 0 Å². The summed E-state index contributed by atoms with van der Waals surface area (Å²) >= 11 is 0. The Morgan fingerprint density at radius 3 is 2.52 bits per heavy atom. The molecule has 0 saturated heterocycles. The number of carboxylic acid groups (broad SMARTS) is 1. The van der Waals surface area contributed by atoms with E-state index in [0.717, 1.165) is 22.8 Å². The van der Waals surface area contributed by atoms with Crippen LogP contribution in [0, 0.1) is 13.8 Å². The third-order valence-electron chi connectivity index (χ3n) is 3.34. The van der Waals surface area contributed by atoms with Crippen LogP contribution >= 0.6 is 0 Å². The first-order valence-corrected chi connectivity index (χ1v) is 6.68. The summed E-state index contributed by atoms with van der Waals surface area (Å²) in [5.74, 6) is 0.589. The minimum atomic E-state index is -0.809. The van der Waals surface area contributed by atoms with E-state index in [2.05, 4.69) is 15.3 Å². The number of carbonyl (C=O) groups is 1. The van der Waals surface area contributed by atoms with Crippen LogP contribution in [0.15, 0.2) is 12.1 Å². The van der Waals surface area contributed by atoms with E-state index in [1.165, 1.54) is 0 Å². The van der Waals surface area contributed by atoms with Gasteiger partial charge in [-0.05, 0) is 38.0 Å². The number of anilines is 1. The summed E-state index contributed by atoms with van der Waals surface area (Å²) < 4.78 is 1.71. The molecule has 112 valence electrons. The van der Waals surface area contributed by atoms with Gasteiger partial charge in [0.05, 0.1) is 5.69 Å². The molecule has 7 heteroatoms. The summed E-state index contributed by atoms with van der Waals surface area (Å²) in [5.41, 5.74) is 2.68. The van der Waals surface area contributed by atoms with Crippen molar-refractivity contribution in [2.45, 2.75) is 26.7 Å². The van der Waals surface area contributed by atoms with Gasteiger partial charge in [0.2, 0.25) is 0 Å². The molecule has 0 aliphatic carbocycles. The van der Waals surface area contributed by atoms with Gasteiger partial charge >= 0.3 is 5.97 Å². The highest BCUT2D eigenvalue weighted by Gasteiger charge is 2.15. The van der Waals surface area contributed by atoms with Crippen molar-refractivity contribution in [2.75, 3.05) is 19.0 Å². The molecule has 0 unspecified atom stereocenters. The largest absolute Gasteiger partial charge is 0.481 e. The molecular weight excluding hydrogens is 270 g/mol. The first-order valence-electron chi connectivity index (χ1n) is 6.68. The lowest BCUT2D eigenvalue weighted by Crippen LogP contribution is -2.12. The third-order valence-corrected chi connectivity index (χ3v) is 3.34. The van der Waals surface area contributed by atoms with Gasteiger partial charge in [-0.1, -0.05) is 0 Å². The lowest BCUT2D eigenvalue weighted by molar-refractivity contribution is -0.136. The highest BCUT2D eigenvalue weighted by molar-refractivity contribution is 5.67. The molecule has 2 aromatic heterocycles. The van der Waals surface area contributed by atoms with Crippen LogP contribution in [-0.4, -0.2) is 45.1 Å². The van der Waals surface area contributed by atoms with Gasteiger partial charge in [-0.2, -0.15) is 5.10 Å². The minimum absolute atomic E-state index is 0.0959. The Morgan fingerprint density at radius 2 is 2.00 bits per heavy atom. The smallest absolute Gasteiger partial charge is 0.303 e. The van der Waals surface area contributed by atoms with Gasteiger partial charge in [-0.3, -0.25) is 4.79 Å². The predicted octanol–water partition coefficient (Wildman–Crippen LogP) is 1.36. The van der Waals surface area contributed by atoms with E-state index in [4.69, 9.17) is 5.11 Å². The van der Waals surface area contributed by atoms with E-state index in [1.807, 2.05) is 45.0 Å². The summed E-state index contributed by atoms with van der Waals surface area (Å²) in [6.07, 6.45) is 0.564. The van der Waals surface area contributed by atoms with Gasteiger partial charge in [0, 0.05) is 26.2 Å². The van der Waals surface area contributed by atoms with Crippen LogP contribution in [0.1, 0.15) is 23.4 Å². The molecule has 0 fully saturated rings. The van der Waals surface area contributed by atoms with Crippen molar-refractivity contribution in [2.24, 2.45) is 0 Å². The van der Waals surface area contributed by atoms with Crippen LogP contribution in [0.4, 0.5) is 5.82 Å². The standard InChI is InChI=1S/C14H19N5O2/c1-9-11(5-8-14(20)21)10(2)19(17-9)13-7-6-12(15-16-13)18(3)4/h6-7H,5,8H2,1-4H3,(H,20,21). The van der Waals surface area contributed by atoms with Gasteiger partial charge in [-0.15, -0.1) is 10.2 Å². The minimum Gasteiger partial charge on any atom is -0.481 e. The van der Waals surface area contributed by atoms with Crippen molar-refractivity contribution >= 4 is 11.8 Å². The van der Waals surface area contributed by atoms with Crippen LogP contribution < -0.4 is 4.90 Å². The lowest BCUT2D eigenvalue weighted by atomic mass is 10.1. The third kappa shape index (κ3) is 3.18. The molecule has 0 aliphatic rings. The van der Waals surface area contributed by atoms with Crippen LogP contribution in [0.3, 0.4) is 0 Å². The molecule has 0 atom stereocenters. The number of rotatable bonds is 5. The summed E-state index contributed by atoms with van der Waals surface area (Å²) in [7, 11) is 3.80. The maximum Gasteiger partial charge on any atom is 0.303 e. The monoisotopic (exact) mass is 289 g/mol. The molecule has 0 radical (unpaired) electrons.